The predicted octanol–water partition coefficient (Wildman–Crippen LogP) is 4.72. The zero-order chi connectivity index (χ0) is 19.4. The molecule has 0 radical (unpaired) electrons. The van der Waals surface area contributed by atoms with Crippen LogP contribution in [0.4, 0.5) is 24.8 Å². The van der Waals surface area contributed by atoms with Crippen LogP contribution < -0.4 is 10.6 Å². The monoisotopic (exact) mass is 416 g/mol. The number of rotatable bonds is 6. The molecule has 0 spiro atoms. The molecule has 0 aliphatic carbocycles. The minimum Gasteiger partial charge on any atom is -0.369 e. The van der Waals surface area contributed by atoms with E-state index in [1.54, 1.807) is 24.4 Å². The molecule has 0 saturated carbocycles. The molecule has 1 aromatic carbocycles. The van der Waals surface area contributed by atoms with Crippen LogP contribution in [-0.2, 0) is 6.18 Å². The molecule has 3 N–H and O–H groups in total. The van der Waals surface area contributed by atoms with E-state index in [0.29, 0.717) is 22.9 Å². The smallest absolute Gasteiger partial charge is 0.369 e. The molecule has 0 fully saturated rings. The van der Waals surface area contributed by atoms with E-state index in [1.165, 1.54) is 6.07 Å². The normalized spacial score (nSPS) is 11.4. The second-order valence-corrected chi connectivity index (χ2v) is 6.25. The Balaban J connectivity index is 1.82. The standard InChI is InChI=1S/C16H13Cl2F3N6/c17-9-1-2-10(12(18)7-9)14-24-8-11(16(19,20)21)15(26-14)23-6-5-22-13-3-4-25-27-13/h1-4,7-8H,5-6H2,(H2,22,25,27)(H,23,24,26). The first-order valence-corrected chi connectivity index (χ1v) is 8.47. The molecule has 2 aromatic heterocycles. The third-order valence-electron chi connectivity index (χ3n) is 3.50. The molecule has 0 saturated heterocycles. The van der Waals surface area contributed by atoms with Crippen molar-refractivity contribution in [2.75, 3.05) is 23.7 Å². The highest BCUT2D eigenvalue weighted by Crippen LogP contribution is 2.35. The van der Waals surface area contributed by atoms with Crippen LogP contribution in [0.1, 0.15) is 5.56 Å². The molecule has 3 aromatic rings. The Labute approximate surface area is 162 Å². The highest BCUT2D eigenvalue weighted by atomic mass is 35.5. The van der Waals surface area contributed by atoms with Gasteiger partial charge in [-0.15, -0.1) is 0 Å². The van der Waals surface area contributed by atoms with Crippen LogP contribution in [0, 0.1) is 0 Å². The Hall–Kier alpha value is -2.52. The lowest BCUT2D eigenvalue weighted by molar-refractivity contribution is -0.137. The molecule has 0 amide bonds. The lowest BCUT2D eigenvalue weighted by atomic mass is 10.2. The summed E-state index contributed by atoms with van der Waals surface area (Å²) in [5, 5.41) is 12.8. The number of anilines is 2. The fraction of sp³-hybridized carbons (Fsp3) is 0.188. The first-order chi connectivity index (χ1) is 12.8. The van der Waals surface area contributed by atoms with Gasteiger partial charge in [0.2, 0.25) is 0 Å². The van der Waals surface area contributed by atoms with Crippen molar-refractivity contribution in [1.82, 2.24) is 20.2 Å². The summed E-state index contributed by atoms with van der Waals surface area (Å²) in [5.74, 6) is 0.391. The van der Waals surface area contributed by atoms with Crippen molar-refractivity contribution in [2.45, 2.75) is 6.18 Å². The van der Waals surface area contributed by atoms with Crippen molar-refractivity contribution in [2.24, 2.45) is 0 Å². The van der Waals surface area contributed by atoms with Gasteiger partial charge in [0.15, 0.2) is 5.82 Å². The van der Waals surface area contributed by atoms with Crippen LogP contribution in [0.3, 0.4) is 0 Å². The van der Waals surface area contributed by atoms with E-state index in [2.05, 4.69) is 30.8 Å². The topological polar surface area (TPSA) is 78.5 Å². The Morgan fingerprint density at radius 3 is 2.52 bits per heavy atom. The summed E-state index contributed by atoms with van der Waals surface area (Å²) >= 11 is 12.0. The van der Waals surface area contributed by atoms with Gasteiger partial charge in [-0.2, -0.15) is 18.3 Å². The quantitative estimate of drug-likeness (QED) is 0.506. The number of aromatic nitrogens is 4. The van der Waals surface area contributed by atoms with Crippen LogP contribution in [0.2, 0.25) is 10.0 Å². The maximum atomic E-state index is 13.3. The molecule has 27 heavy (non-hydrogen) atoms. The van der Waals surface area contributed by atoms with Crippen LogP contribution in [0.25, 0.3) is 11.4 Å². The van der Waals surface area contributed by atoms with E-state index in [-0.39, 0.29) is 23.2 Å². The zero-order valence-electron chi connectivity index (χ0n) is 13.6. The Morgan fingerprint density at radius 2 is 1.85 bits per heavy atom. The van der Waals surface area contributed by atoms with Gasteiger partial charge in [0.25, 0.3) is 0 Å². The van der Waals surface area contributed by atoms with E-state index >= 15 is 0 Å². The van der Waals surface area contributed by atoms with Crippen molar-refractivity contribution in [3.63, 3.8) is 0 Å². The highest BCUT2D eigenvalue weighted by Gasteiger charge is 2.35. The van der Waals surface area contributed by atoms with Gasteiger partial charge in [0.1, 0.15) is 17.2 Å². The molecule has 0 aliphatic heterocycles. The summed E-state index contributed by atoms with van der Waals surface area (Å²) in [6, 6.07) is 6.29. The third kappa shape index (κ3) is 4.81. The van der Waals surface area contributed by atoms with Gasteiger partial charge in [-0.25, -0.2) is 9.97 Å². The Kier molecular flexibility index (Phi) is 5.71. The molecule has 0 atom stereocenters. The van der Waals surface area contributed by atoms with E-state index in [1.807, 2.05) is 0 Å². The molecule has 3 rings (SSSR count). The molecule has 0 unspecified atom stereocenters. The van der Waals surface area contributed by atoms with E-state index < -0.39 is 11.7 Å². The van der Waals surface area contributed by atoms with Gasteiger partial charge >= 0.3 is 6.18 Å². The summed E-state index contributed by atoms with van der Waals surface area (Å²) in [7, 11) is 0. The van der Waals surface area contributed by atoms with Crippen LogP contribution in [-0.4, -0.2) is 33.3 Å². The van der Waals surface area contributed by atoms with E-state index in [4.69, 9.17) is 23.2 Å². The summed E-state index contributed by atoms with van der Waals surface area (Å²) < 4.78 is 39.8. The number of H-pyrrole nitrogens is 1. The lowest BCUT2D eigenvalue weighted by Crippen LogP contribution is -2.19. The molecular formula is C16H13Cl2F3N6. The SMILES string of the molecule is FC(F)(F)c1cnc(-c2ccc(Cl)cc2Cl)nc1NCCNc1ccn[nH]1. The highest BCUT2D eigenvalue weighted by molar-refractivity contribution is 6.36. The maximum absolute atomic E-state index is 13.3. The van der Waals surface area contributed by atoms with E-state index in [9.17, 15) is 13.2 Å². The maximum Gasteiger partial charge on any atom is 0.421 e. The lowest BCUT2D eigenvalue weighted by Gasteiger charge is -2.15. The number of nitrogens with one attached hydrogen (secondary N) is 3. The van der Waals surface area contributed by atoms with E-state index in [0.717, 1.165) is 6.20 Å². The van der Waals surface area contributed by atoms with Crippen molar-refractivity contribution >= 4 is 34.8 Å². The third-order valence-corrected chi connectivity index (χ3v) is 4.05. The molecule has 0 bridgehead atoms. The molecule has 0 aliphatic rings. The summed E-state index contributed by atoms with van der Waals surface area (Å²) in [4.78, 5) is 7.82. The van der Waals surface area contributed by atoms with Crippen molar-refractivity contribution in [3.05, 3.63) is 52.3 Å². The minimum absolute atomic E-state index is 0.0636. The van der Waals surface area contributed by atoms with Gasteiger partial charge in [-0.3, -0.25) is 5.10 Å². The fourth-order valence-corrected chi connectivity index (χ4v) is 2.75. The van der Waals surface area contributed by atoms with Gasteiger partial charge in [0.05, 0.1) is 11.2 Å². The summed E-state index contributed by atoms with van der Waals surface area (Å²) in [6.07, 6.45) is -2.30. The number of alkyl halides is 3. The minimum atomic E-state index is -4.60. The van der Waals surface area contributed by atoms with Gasteiger partial charge in [-0.05, 0) is 24.3 Å². The number of hydrogen-bond donors (Lipinski definition) is 3. The summed E-state index contributed by atoms with van der Waals surface area (Å²) in [6.45, 7) is 0.535. The number of aromatic amines is 1. The second-order valence-electron chi connectivity index (χ2n) is 5.40. The first kappa shape index (κ1) is 19.2. The molecule has 142 valence electrons. The molecular weight excluding hydrogens is 404 g/mol. The number of nitrogens with zero attached hydrogens (tertiary/aromatic N) is 3. The molecule has 2 heterocycles. The zero-order valence-corrected chi connectivity index (χ0v) is 15.1. The van der Waals surface area contributed by atoms with Gasteiger partial charge < -0.3 is 10.6 Å². The van der Waals surface area contributed by atoms with Crippen molar-refractivity contribution in [3.8, 4) is 11.4 Å². The average Bonchev–Trinajstić information content (AvgIpc) is 3.11. The average molecular weight is 417 g/mol. The van der Waals surface area contributed by atoms with Crippen molar-refractivity contribution < 1.29 is 13.2 Å². The Bertz CT molecular complexity index is 915. The Morgan fingerprint density at radius 1 is 1.07 bits per heavy atom. The van der Waals surface area contributed by atoms with Crippen LogP contribution in [0.5, 0.6) is 0 Å². The first-order valence-electron chi connectivity index (χ1n) is 7.71. The number of benzene rings is 1. The van der Waals surface area contributed by atoms with Crippen molar-refractivity contribution in [1.29, 1.82) is 0 Å². The molecule has 11 heteroatoms. The number of halogens is 5. The number of hydrogen-bond acceptors (Lipinski definition) is 5. The molecule has 6 nitrogen and oxygen atoms in total. The van der Waals surface area contributed by atoms with Gasteiger partial charge in [-0.1, -0.05) is 23.2 Å². The summed E-state index contributed by atoms with van der Waals surface area (Å²) in [5.41, 5.74) is -0.577. The fourth-order valence-electron chi connectivity index (χ4n) is 2.26. The largest absolute Gasteiger partial charge is 0.421 e. The second kappa shape index (κ2) is 8.01. The van der Waals surface area contributed by atoms with Gasteiger partial charge in [0, 0.05) is 29.9 Å². The van der Waals surface area contributed by atoms with Crippen LogP contribution >= 0.6 is 23.2 Å². The predicted molar refractivity (Wildman–Crippen MR) is 98.1 cm³/mol. The van der Waals surface area contributed by atoms with Crippen LogP contribution in [0.15, 0.2) is 36.7 Å².